The second kappa shape index (κ2) is 19.6. The molecule has 2 atom stereocenters. The number of ether oxygens (including phenoxy) is 4. The summed E-state index contributed by atoms with van der Waals surface area (Å²) in [5, 5.41) is 11.7. The quantitative estimate of drug-likeness (QED) is 0.0994. The SMILES string of the molecule is COc1ccccc1-c1nccc(COc2ccccc2C[C@@H](Oc2nsc3cnc(-c4ccccc4F)c(C4=C(C)C(Cl)=C(OCCN5CCN(C)CC5)C(C)C4)c23)C(=O)O)n1. The summed E-state index contributed by atoms with van der Waals surface area (Å²) >= 11 is 8.32. The lowest BCUT2D eigenvalue weighted by molar-refractivity contribution is -0.145. The van der Waals surface area contributed by atoms with Gasteiger partial charge >= 0.3 is 5.97 Å². The minimum absolute atomic E-state index is 0.0521. The number of hydrogen-bond acceptors (Lipinski definition) is 12. The Morgan fingerprint density at radius 1 is 0.968 bits per heavy atom. The summed E-state index contributed by atoms with van der Waals surface area (Å²) in [5.74, 6) is 0.645. The van der Waals surface area contributed by atoms with E-state index in [9.17, 15) is 9.90 Å². The lowest BCUT2D eigenvalue weighted by atomic mass is 9.83. The normalized spacial score (nSPS) is 16.6. The Labute approximate surface area is 374 Å². The monoisotopic (exact) mass is 890 g/mol. The number of piperazine rings is 1. The molecule has 12 nitrogen and oxygen atoms in total. The van der Waals surface area contributed by atoms with E-state index in [1.165, 1.54) is 6.07 Å². The second-order valence-electron chi connectivity index (χ2n) is 15.7. The maximum absolute atomic E-state index is 15.7. The number of benzene rings is 3. The molecule has 0 spiro atoms. The maximum atomic E-state index is 15.7. The highest BCUT2D eigenvalue weighted by Crippen LogP contribution is 2.48. The number of carbonyl (C=O) groups is 1. The molecule has 0 bridgehead atoms. The molecule has 1 N–H and O–H groups in total. The van der Waals surface area contributed by atoms with Gasteiger partial charge in [0.1, 0.15) is 36.3 Å². The van der Waals surface area contributed by atoms with Crippen LogP contribution in [0.2, 0.25) is 0 Å². The summed E-state index contributed by atoms with van der Waals surface area (Å²) < 4.78 is 45.6. The molecule has 15 heteroatoms. The molecule has 3 aromatic heterocycles. The van der Waals surface area contributed by atoms with Gasteiger partial charge in [0.15, 0.2) is 5.82 Å². The summed E-state index contributed by atoms with van der Waals surface area (Å²) in [4.78, 5) is 31.7. The van der Waals surface area contributed by atoms with Crippen LogP contribution in [-0.4, -0.2) is 99.8 Å². The van der Waals surface area contributed by atoms with Crippen LogP contribution in [0.5, 0.6) is 17.4 Å². The zero-order valence-corrected chi connectivity index (χ0v) is 37.1. The Morgan fingerprint density at radius 2 is 1.70 bits per heavy atom. The van der Waals surface area contributed by atoms with Gasteiger partial charge < -0.3 is 29.0 Å². The summed E-state index contributed by atoms with van der Waals surface area (Å²) in [7, 11) is 3.73. The van der Waals surface area contributed by atoms with E-state index in [2.05, 4.69) is 33.1 Å². The molecule has 0 amide bonds. The van der Waals surface area contributed by atoms with E-state index in [0.717, 1.165) is 61.0 Å². The molecule has 1 unspecified atom stereocenters. The third-order valence-corrected chi connectivity index (χ3v) is 12.7. The van der Waals surface area contributed by atoms with Crippen molar-refractivity contribution in [2.75, 3.05) is 53.5 Å². The molecular weight excluding hydrogens is 843 g/mol. The molecule has 0 radical (unpaired) electrons. The zero-order chi connectivity index (χ0) is 44.0. The van der Waals surface area contributed by atoms with Gasteiger partial charge in [0.05, 0.1) is 39.2 Å². The van der Waals surface area contributed by atoms with E-state index in [0.29, 0.717) is 73.7 Å². The first-order valence-electron chi connectivity index (χ1n) is 20.8. The largest absolute Gasteiger partial charge is 0.496 e. The first-order valence-corrected chi connectivity index (χ1v) is 22.0. The standard InChI is InChI=1S/C48H48ClFN6O6S/c1-29-25-35(30(2)43(49)45(29)60-24-23-56-21-19-55(3)20-22-56)41-42-40(27-52-44(41)33-12-6-8-14-36(33)50)63-54-47(42)62-39(48(57)58)26-31-11-5-9-15-37(31)61-28-32-17-18-51-46(53-32)34-13-7-10-16-38(34)59-4/h5-18,27,29,39H,19-26,28H2,1-4H3,(H,57,58)/t29?,39-/m1/s1. The number of allylic oxidation sites excluding steroid dienone is 4. The van der Waals surface area contributed by atoms with Crippen LogP contribution in [0.25, 0.3) is 38.3 Å². The van der Waals surface area contributed by atoms with Gasteiger partial charge in [0.2, 0.25) is 12.0 Å². The third-order valence-electron chi connectivity index (χ3n) is 11.5. The van der Waals surface area contributed by atoms with Gasteiger partial charge in [-0.2, -0.15) is 4.37 Å². The summed E-state index contributed by atoms with van der Waals surface area (Å²) in [6.45, 7) is 9.39. The number of hydrogen-bond donors (Lipinski definition) is 1. The molecule has 1 fully saturated rings. The molecule has 326 valence electrons. The summed E-state index contributed by atoms with van der Waals surface area (Å²) in [6.07, 6.45) is 2.36. The van der Waals surface area contributed by atoms with Crippen molar-refractivity contribution >= 4 is 44.8 Å². The van der Waals surface area contributed by atoms with Crippen molar-refractivity contribution in [2.45, 2.75) is 39.4 Å². The fourth-order valence-corrected chi connectivity index (χ4v) is 9.05. The van der Waals surface area contributed by atoms with Crippen LogP contribution < -0.4 is 14.2 Å². The predicted molar refractivity (Wildman–Crippen MR) is 243 cm³/mol. The fourth-order valence-electron chi connectivity index (χ4n) is 7.99. The average Bonchev–Trinajstić information content (AvgIpc) is 3.71. The Bertz CT molecular complexity index is 2680. The van der Waals surface area contributed by atoms with Crippen LogP contribution in [0.1, 0.15) is 37.1 Å². The van der Waals surface area contributed by atoms with Crippen molar-refractivity contribution in [3.05, 3.63) is 130 Å². The number of rotatable bonds is 16. The first kappa shape index (κ1) is 43.7. The van der Waals surface area contributed by atoms with Crippen LogP contribution in [0.3, 0.4) is 0 Å². The van der Waals surface area contributed by atoms with E-state index < -0.39 is 17.9 Å². The molecule has 0 saturated carbocycles. The predicted octanol–water partition coefficient (Wildman–Crippen LogP) is 9.14. The Hall–Kier alpha value is -5.93. The number of para-hydroxylation sites is 2. The number of methoxy groups -OCH3 is 1. The minimum atomic E-state index is -1.38. The van der Waals surface area contributed by atoms with E-state index in [1.54, 1.807) is 55.9 Å². The number of likely N-dealkylation sites (N-methyl/N-ethyl adjacent to an activating group) is 1. The number of halogens is 2. The smallest absolute Gasteiger partial charge is 0.345 e. The summed E-state index contributed by atoms with van der Waals surface area (Å²) in [5.41, 5.74) is 4.80. The third kappa shape index (κ3) is 9.69. The van der Waals surface area contributed by atoms with Crippen LogP contribution in [0.15, 0.2) is 108 Å². The van der Waals surface area contributed by atoms with Crippen LogP contribution in [0, 0.1) is 11.7 Å². The molecule has 63 heavy (non-hydrogen) atoms. The van der Waals surface area contributed by atoms with Crippen molar-refractivity contribution in [3.63, 3.8) is 0 Å². The highest BCUT2D eigenvalue weighted by molar-refractivity contribution is 7.13. The molecule has 3 aromatic carbocycles. The van der Waals surface area contributed by atoms with E-state index >= 15 is 4.39 Å². The lowest BCUT2D eigenvalue weighted by Gasteiger charge is -2.33. The van der Waals surface area contributed by atoms with E-state index in [-0.39, 0.29) is 30.4 Å². The molecule has 4 heterocycles. The molecule has 6 aromatic rings. The average molecular weight is 891 g/mol. The molecule has 1 saturated heterocycles. The highest BCUT2D eigenvalue weighted by Gasteiger charge is 2.33. The second-order valence-corrected chi connectivity index (χ2v) is 16.9. The van der Waals surface area contributed by atoms with Crippen molar-refractivity contribution in [2.24, 2.45) is 5.92 Å². The number of aliphatic carboxylic acids is 1. The van der Waals surface area contributed by atoms with Gasteiger partial charge in [-0.15, -0.1) is 0 Å². The van der Waals surface area contributed by atoms with Crippen LogP contribution in [0.4, 0.5) is 4.39 Å². The number of carboxylic acids is 1. The summed E-state index contributed by atoms with van der Waals surface area (Å²) in [6, 6.07) is 22.9. The number of aromatic nitrogens is 4. The van der Waals surface area contributed by atoms with Gasteiger partial charge in [0, 0.05) is 68.6 Å². The molecular formula is C48H48ClFN6O6S. The van der Waals surface area contributed by atoms with Gasteiger partial charge in [-0.1, -0.05) is 61.0 Å². The topological polar surface area (TPSA) is 132 Å². The van der Waals surface area contributed by atoms with Crippen molar-refractivity contribution in [3.8, 4) is 40.0 Å². The van der Waals surface area contributed by atoms with Crippen LogP contribution in [-0.2, 0) is 22.6 Å². The maximum Gasteiger partial charge on any atom is 0.345 e. The molecule has 1 aliphatic heterocycles. The van der Waals surface area contributed by atoms with E-state index in [4.69, 9.17) is 40.5 Å². The van der Waals surface area contributed by atoms with E-state index in [1.807, 2.05) is 43.3 Å². The van der Waals surface area contributed by atoms with Crippen LogP contribution >= 0.6 is 23.1 Å². The number of fused-ring (bicyclic) bond motifs is 1. The van der Waals surface area contributed by atoms with Crippen molar-refractivity contribution < 1.29 is 33.2 Å². The molecule has 1 aliphatic carbocycles. The van der Waals surface area contributed by atoms with Gasteiger partial charge in [-0.05, 0) is 85.0 Å². The molecule has 8 rings (SSSR count). The fraction of sp³-hybridized carbons (Fsp3) is 0.312. The van der Waals surface area contributed by atoms with Gasteiger partial charge in [-0.3, -0.25) is 9.88 Å². The Kier molecular flexibility index (Phi) is 13.6. The van der Waals surface area contributed by atoms with Crippen molar-refractivity contribution in [1.29, 1.82) is 0 Å². The number of nitrogens with zero attached hydrogens (tertiary/aromatic N) is 6. The highest BCUT2D eigenvalue weighted by atomic mass is 35.5. The van der Waals surface area contributed by atoms with Gasteiger partial charge in [-0.25, -0.2) is 19.2 Å². The number of pyridine rings is 1. The Balaban J connectivity index is 1.09. The lowest BCUT2D eigenvalue weighted by Crippen LogP contribution is -2.45. The first-order chi connectivity index (χ1) is 30.6. The van der Waals surface area contributed by atoms with Gasteiger partial charge in [0.25, 0.3) is 0 Å². The zero-order valence-electron chi connectivity index (χ0n) is 35.5. The Morgan fingerprint density at radius 3 is 2.46 bits per heavy atom. The van der Waals surface area contributed by atoms with Crippen molar-refractivity contribution in [1.82, 2.24) is 29.1 Å². The molecule has 2 aliphatic rings. The minimum Gasteiger partial charge on any atom is -0.496 e. The number of carboxylic acid groups (broad SMARTS) is 1.